The van der Waals surface area contributed by atoms with Crippen LogP contribution in [0.15, 0.2) is 60.7 Å². The fourth-order valence-corrected chi connectivity index (χ4v) is 1.96. The van der Waals surface area contributed by atoms with Gasteiger partial charge in [-0.1, -0.05) is 36.4 Å². The van der Waals surface area contributed by atoms with Gasteiger partial charge in [-0.25, -0.2) is 0 Å². The van der Waals surface area contributed by atoms with Crippen LogP contribution in [-0.4, -0.2) is 19.9 Å². The lowest BCUT2D eigenvalue weighted by molar-refractivity contribution is -0.110. The van der Waals surface area contributed by atoms with Crippen LogP contribution in [0.3, 0.4) is 0 Å². The Morgan fingerprint density at radius 2 is 1.59 bits per heavy atom. The SMILES string of the molecule is CN(C)c1ccc(/C=C/C(=O)/C=C/c2cccc(N)c2)cc1. The first-order chi connectivity index (χ1) is 10.5. The van der Waals surface area contributed by atoms with Gasteiger partial charge in [0.05, 0.1) is 0 Å². The predicted molar refractivity (Wildman–Crippen MR) is 94.7 cm³/mol. The summed E-state index contributed by atoms with van der Waals surface area (Å²) >= 11 is 0. The van der Waals surface area contributed by atoms with Crippen LogP contribution in [0.5, 0.6) is 0 Å². The molecule has 0 heterocycles. The van der Waals surface area contributed by atoms with Gasteiger partial charge in [0, 0.05) is 25.5 Å². The average Bonchev–Trinajstić information content (AvgIpc) is 2.51. The molecule has 3 heteroatoms. The van der Waals surface area contributed by atoms with E-state index in [1.54, 1.807) is 18.2 Å². The van der Waals surface area contributed by atoms with Crippen LogP contribution >= 0.6 is 0 Å². The summed E-state index contributed by atoms with van der Waals surface area (Å²) in [6, 6.07) is 15.4. The summed E-state index contributed by atoms with van der Waals surface area (Å²) in [5.74, 6) is -0.0564. The highest BCUT2D eigenvalue weighted by Gasteiger charge is 1.95. The summed E-state index contributed by atoms with van der Waals surface area (Å²) in [5, 5.41) is 0. The quantitative estimate of drug-likeness (QED) is 0.676. The molecule has 2 aromatic carbocycles. The van der Waals surface area contributed by atoms with E-state index < -0.39 is 0 Å². The number of rotatable bonds is 5. The Bertz CT molecular complexity index is 698. The minimum Gasteiger partial charge on any atom is -0.399 e. The van der Waals surface area contributed by atoms with Gasteiger partial charge in [-0.2, -0.15) is 0 Å². The van der Waals surface area contributed by atoms with E-state index in [9.17, 15) is 4.79 Å². The summed E-state index contributed by atoms with van der Waals surface area (Å²) in [7, 11) is 3.99. The molecule has 2 rings (SSSR count). The van der Waals surface area contributed by atoms with Crippen LogP contribution in [0.4, 0.5) is 11.4 Å². The molecule has 0 aliphatic heterocycles. The van der Waals surface area contributed by atoms with Gasteiger partial charge in [-0.05, 0) is 47.5 Å². The fourth-order valence-electron chi connectivity index (χ4n) is 1.96. The zero-order chi connectivity index (χ0) is 15.9. The predicted octanol–water partition coefficient (Wildman–Crippen LogP) is 3.63. The minimum absolute atomic E-state index is 0.0564. The molecule has 0 fully saturated rings. The van der Waals surface area contributed by atoms with Crippen LogP contribution in [-0.2, 0) is 4.79 Å². The molecule has 0 bridgehead atoms. The van der Waals surface area contributed by atoms with Crippen molar-refractivity contribution >= 4 is 29.3 Å². The Morgan fingerprint density at radius 1 is 0.955 bits per heavy atom. The number of hydrogen-bond donors (Lipinski definition) is 1. The minimum atomic E-state index is -0.0564. The van der Waals surface area contributed by atoms with E-state index in [1.807, 2.05) is 73.6 Å². The maximum Gasteiger partial charge on any atom is 0.178 e. The van der Waals surface area contributed by atoms with Gasteiger partial charge in [-0.3, -0.25) is 4.79 Å². The highest BCUT2D eigenvalue weighted by molar-refractivity contribution is 6.04. The fraction of sp³-hybridized carbons (Fsp3) is 0.105. The Kier molecular flexibility index (Phi) is 5.15. The summed E-state index contributed by atoms with van der Waals surface area (Å²) < 4.78 is 0. The topological polar surface area (TPSA) is 46.3 Å². The van der Waals surface area contributed by atoms with Gasteiger partial charge in [-0.15, -0.1) is 0 Å². The molecule has 22 heavy (non-hydrogen) atoms. The van der Waals surface area contributed by atoms with Crippen molar-refractivity contribution in [1.82, 2.24) is 0 Å². The van der Waals surface area contributed by atoms with Crippen molar-refractivity contribution in [1.29, 1.82) is 0 Å². The van der Waals surface area contributed by atoms with E-state index >= 15 is 0 Å². The lowest BCUT2D eigenvalue weighted by Crippen LogP contribution is -2.07. The molecule has 0 amide bonds. The first-order valence-corrected chi connectivity index (χ1v) is 7.07. The summed E-state index contributed by atoms with van der Waals surface area (Å²) in [4.78, 5) is 13.9. The largest absolute Gasteiger partial charge is 0.399 e. The molecule has 3 nitrogen and oxygen atoms in total. The molecule has 0 aromatic heterocycles. The molecule has 0 unspecified atom stereocenters. The molecule has 112 valence electrons. The normalized spacial score (nSPS) is 11.2. The van der Waals surface area contributed by atoms with Crippen molar-refractivity contribution in [3.63, 3.8) is 0 Å². The first kappa shape index (κ1) is 15.6. The van der Waals surface area contributed by atoms with E-state index in [2.05, 4.69) is 0 Å². The van der Waals surface area contributed by atoms with Crippen molar-refractivity contribution in [2.24, 2.45) is 0 Å². The Hall–Kier alpha value is -2.81. The molecule has 0 radical (unpaired) electrons. The second-order valence-electron chi connectivity index (χ2n) is 5.23. The highest BCUT2D eigenvalue weighted by atomic mass is 16.1. The number of hydrogen-bond acceptors (Lipinski definition) is 3. The maximum atomic E-state index is 11.8. The Morgan fingerprint density at radius 3 is 2.18 bits per heavy atom. The van der Waals surface area contributed by atoms with Gasteiger partial charge in [0.1, 0.15) is 0 Å². The summed E-state index contributed by atoms with van der Waals surface area (Å²) in [6.07, 6.45) is 6.68. The third-order valence-electron chi connectivity index (χ3n) is 3.20. The lowest BCUT2D eigenvalue weighted by Gasteiger charge is -2.11. The van der Waals surface area contributed by atoms with Crippen molar-refractivity contribution in [3.8, 4) is 0 Å². The second-order valence-corrected chi connectivity index (χ2v) is 5.23. The van der Waals surface area contributed by atoms with Crippen LogP contribution in [0.25, 0.3) is 12.2 Å². The molecule has 0 aliphatic carbocycles. The van der Waals surface area contributed by atoms with Crippen molar-refractivity contribution < 1.29 is 4.79 Å². The smallest absolute Gasteiger partial charge is 0.178 e. The zero-order valence-corrected chi connectivity index (χ0v) is 12.9. The van der Waals surface area contributed by atoms with Gasteiger partial charge in [0.25, 0.3) is 0 Å². The molecular formula is C19H20N2O. The van der Waals surface area contributed by atoms with Crippen LogP contribution in [0, 0.1) is 0 Å². The molecule has 2 aromatic rings. The van der Waals surface area contributed by atoms with E-state index in [0.29, 0.717) is 5.69 Å². The zero-order valence-electron chi connectivity index (χ0n) is 12.9. The molecule has 0 atom stereocenters. The molecule has 0 spiro atoms. The number of carbonyl (C=O) groups is 1. The summed E-state index contributed by atoms with van der Waals surface area (Å²) in [6.45, 7) is 0. The van der Waals surface area contributed by atoms with Crippen molar-refractivity contribution in [3.05, 3.63) is 71.8 Å². The van der Waals surface area contributed by atoms with E-state index in [0.717, 1.165) is 16.8 Å². The van der Waals surface area contributed by atoms with E-state index in [1.165, 1.54) is 0 Å². The van der Waals surface area contributed by atoms with Crippen LogP contribution in [0.1, 0.15) is 11.1 Å². The average molecular weight is 292 g/mol. The second kappa shape index (κ2) is 7.27. The van der Waals surface area contributed by atoms with Gasteiger partial charge >= 0.3 is 0 Å². The van der Waals surface area contributed by atoms with Gasteiger partial charge < -0.3 is 10.6 Å². The standard InChI is InChI=1S/C19H20N2O/c1-21(2)18-10-6-15(7-11-18)8-12-19(22)13-9-16-4-3-5-17(20)14-16/h3-14H,20H2,1-2H3/b12-8+,13-9+. The van der Waals surface area contributed by atoms with Gasteiger partial charge in [0.15, 0.2) is 5.78 Å². The molecular weight excluding hydrogens is 272 g/mol. The number of nitrogens with zero attached hydrogens (tertiary/aromatic N) is 1. The third-order valence-corrected chi connectivity index (χ3v) is 3.20. The number of allylic oxidation sites excluding steroid dienone is 2. The number of nitrogens with two attached hydrogens (primary N) is 1. The lowest BCUT2D eigenvalue weighted by atomic mass is 10.1. The highest BCUT2D eigenvalue weighted by Crippen LogP contribution is 2.13. The Balaban J connectivity index is 1.99. The molecule has 0 aliphatic rings. The van der Waals surface area contributed by atoms with E-state index in [4.69, 9.17) is 5.73 Å². The van der Waals surface area contributed by atoms with E-state index in [-0.39, 0.29) is 5.78 Å². The third kappa shape index (κ3) is 4.63. The van der Waals surface area contributed by atoms with Crippen LogP contribution < -0.4 is 10.6 Å². The van der Waals surface area contributed by atoms with Crippen molar-refractivity contribution in [2.45, 2.75) is 0 Å². The first-order valence-electron chi connectivity index (χ1n) is 7.07. The Labute approximate surface area is 131 Å². The number of anilines is 2. The monoisotopic (exact) mass is 292 g/mol. The number of ketones is 1. The van der Waals surface area contributed by atoms with Gasteiger partial charge in [0.2, 0.25) is 0 Å². The molecule has 0 saturated heterocycles. The number of benzene rings is 2. The number of carbonyl (C=O) groups excluding carboxylic acids is 1. The molecule has 2 N–H and O–H groups in total. The number of nitrogen functional groups attached to an aromatic ring is 1. The molecule has 0 saturated carbocycles. The van der Waals surface area contributed by atoms with Crippen LogP contribution in [0.2, 0.25) is 0 Å². The van der Waals surface area contributed by atoms with Crippen molar-refractivity contribution in [2.75, 3.05) is 24.7 Å². The summed E-state index contributed by atoms with van der Waals surface area (Å²) in [5.41, 5.74) is 9.42. The maximum absolute atomic E-state index is 11.8.